The fraction of sp³-hybridized carbons (Fsp3) is 0.600. The van der Waals surface area contributed by atoms with E-state index < -0.39 is 0 Å². The molecule has 2 unspecified atom stereocenters. The number of nitrogens with one attached hydrogen (secondary N) is 1. The zero-order valence-corrected chi connectivity index (χ0v) is 10.4. The Bertz CT molecular complexity index is 359. The van der Waals surface area contributed by atoms with Crippen LogP contribution in [0, 0.1) is 5.92 Å². The predicted molar refractivity (Wildman–Crippen MR) is 62.1 cm³/mol. The summed E-state index contributed by atoms with van der Waals surface area (Å²) < 4.78 is 5.88. The van der Waals surface area contributed by atoms with Crippen molar-refractivity contribution in [2.75, 3.05) is 12.4 Å². The highest BCUT2D eigenvalue weighted by Crippen LogP contribution is 2.35. The van der Waals surface area contributed by atoms with Crippen LogP contribution in [0.1, 0.15) is 19.8 Å². The van der Waals surface area contributed by atoms with Crippen LogP contribution >= 0.6 is 15.9 Å². The lowest BCUT2D eigenvalue weighted by molar-refractivity contribution is 0.394. The topological polar surface area (TPSA) is 47.0 Å². The van der Waals surface area contributed by atoms with Gasteiger partial charge in [-0.1, -0.05) is 13.3 Å². The van der Waals surface area contributed by atoms with Gasteiger partial charge in [-0.2, -0.15) is 4.98 Å². The van der Waals surface area contributed by atoms with Crippen LogP contribution in [0.3, 0.4) is 0 Å². The summed E-state index contributed by atoms with van der Waals surface area (Å²) in [6, 6.07) is 0.542. The minimum atomic E-state index is 0.542. The number of methoxy groups -OCH3 is 1. The highest BCUT2D eigenvalue weighted by molar-refractivity contribution is 9.10. The first-order valence-corrected chi connectivity index (χ1v) is 5.87. The van der Waals surface area contributed by atoms with Crippen molar-refractivity contribution >= 4 is 21.9 Å². The number of aromatic nitrogens is 2. The molecule has 1 aromatic rings. The molecule has 0 spiro atoms. The van der Waals surface area contributed by atoms with Gasteiger partial charge in [0.05, 0.1) is 17.8 Å². The Morgan fingerprint density at radius 2 is 2.47 bits per heavy atom. The van der Waals surface area contributed by atoms with Gasteiger partial charge in [0.2, 0.25) is 11.8 Å². The number of anilines is 1. The van der Waals surface area contributed by atoms with E-state index in [1.54, 1.807) is 13.3 Å². The molecule has 0 amide bonds. The van der Waals surface area contributed by atoms with Crippen LogP contribution in [-0.2, 0) is 0 Å². The molecule has 1 aliphatic rings. The molecule has 0 saturated heterocycles. The lowest BCUT2D eigenvalue weighted by Crippen LogP contribution is -2.08. The molecule has 4 nitrogen and oxygen atoms in total. The fourth-order valence-corrected chi connectivity index (χ4v) is 1.96. The van der Waals surface area contributed by atoms with Gasteiger partial charge in [-0.3, -0.25) is 0 Å². The average Bonchev–Trinajstić information content (AvgIpc) is 2.99. The van der Waals surface area contributed by atoms with Crippen LogP contribution in [0.5, 0.6) is 5.88 Å². The van der Waals surface area contributed by atoms with E-state index in [0.717, 1.165) is 10.4 Å². The predicted octanol–water partition coefficient (Wildman–Crippen LogP) is 2.46. The van der Waals surface area contributed by atoms with Crippen molar-refractivity contribution in [2.24, 2.45) is 5.92 Å². The molecule has 0 aromatic carbocycles. The summed E-state index contributed by atoms with van der Waals surface area (Å²) >= 11 is 3.32. The largest absolute Gasteiger partial charge is 0.480 e. The second-order valence-corrected chi connectivity index (χ2v) is 4.56. The maximum atomic E-state index is 5.10. The fourth-order valence-electron chi connectivity index (χ4n) is 1.61. The van der Waals surface area contributed by atoms with E-state index in [-0.39, 0.29) is 0 Å². The van der Waals surface area contributed by atoms with Crippen LogP contribution in [0.25, 0.3) is 0 Å². The van der Waals surface area contributed by atoms with Crippen molar-refractivity contribution in [3.63, 3.8) is 0 Å². The second kappa shape index (κ2) is 4.35. The lowest BCUT2D eigenvalue weighted by atomic mass is 10.3. The van der Waals surface area contributed by atoms with Crippen LogP contribution in [0.2, 0.25) is 0 Å². The monoisotopic (exact) mass is 271 g/mol. The Balaban J connectivity index is 2.03. The highest BCUT2D eigenvalue weighted by Gasteiger charge is 2.35. The van der Waals surface area contributed by atoms with Gasteiger partial charge in [0.25, 0.3) is 0 Å². The van der Waals surface area contributed by atoms with Crippen LogP contribution in [0.4, 0.5) is 5.95 Å². The average molecular weight is 272 g/mol. The third kappa shape index (κ3) is 2.40. The summed E-state index contributed by atoms with van der Waals surface area (Å²) in [7, 11) is 1.60. The van der Waals surface area contributed by atoms with Crippen molar-refractivity contribution in [1.29, 1.82) is 0 Å². The molecule has 1 saturated carbocycles. The van der Waals surface area contributed by atoms with Crippen molar-refractivity contribution < 1.29 is 4.74 Å². The minimum Gasteiger partial charge on any atom is -0.480 e. The van der Waals surface area contributed by atoms with Gasteiger partial charge in [-0.05, 0) is 28.3 Å². The Labute approximate surface area is 97.6 Å². The lowest BCUT2D eigenvalue weighted by Gasteiger charge is -2.06. The molecular weight excluding hydrogens is 258 g/mol. The zero-order valence-electron chi connectivity index (χ0n) is 8.83. The molecule has 0 radical (unpaired) electrons. The molecule has 82 valence electrons. The summed E-state index contributed by atoms with van der Waals surface area (Å²) in [6.45, 7) is 2.20. The van der Waals surface area contributed by atoms with Gasteiger partial charge in [-0.15, -0.1) is 0 Å². The first-order chi connectivity index (χ1) is 7.24. The van der Waals surface area contributed by atoms with Gasteiger partial charge in [0.15, 0.2) is 0 Å². The summed E-state index contributed by atoms with van der Waals surface area (Å²) in [5, 5.41) is 3.30. The molecular formula is C10H14BrN3O. The molecule has 1 aliphatic carbocycles. The number of rotatable bonds is 4. The van der Waals surface area contributed by atoms with E-state index >= 15 is 0 Å². The van der Waals surface area contributed by atoms with Gasteiger partial charge in [0.1, 0.15) is 0 Å². The van der Waals surface area contributed by atoms with Gasteiger partial charge < -0.3 is 10.1 Å². The minimum absolute atomic E-state index is 0.542. The van der Waals surface area contributed by atoms with Gasteiger partial charge in [-0.25, -0.2) is 4.98 Å². The number of hydrogen-bond acceptors (Lipinski definition) is 4. The molecule has 0 bridgehead atoms. The first-order valence-electron chi connectivity index (χ1n) is 5.07. The molecule has 1 fully saturated rings. The molecule has 5 heteroatoms. The number of ether oxygens (including phenoxy) is 1. The molecule has 0 aliphatic heterocycles. The van der Waals surface area contributed by atoms with E-state index in [1.807, 2.05) is 0 Å². The molecule has 15 heavy (non-hydrogen) atoms. The number of hydrogen-bond donors (Lipinski definition) is 1. The van der Waals surface area contributed by atoms with E-state index in [4.69, 9.17) is 4.74 Å². The number of halogens is 1. The number of nitrogens with zero attached hydrogens (tertiary/aromatic N) is 2. The van der Waals surface area contributed by atoms with Crippen molar-refractivity contribution in [3.8, 4) is 5.88 Å². The molecule has 1 N–H and O–H groups in total. The third-order valence-corrected chi connectivity index (χ3v) is 3.21. The highest BCUT2D eigenvalue weighted by atomic mass is 79.9. The maximum Gasteiger partial charge on any atom is 0.232 e. The summed E-state index contributed by atoms with van der Waals surface area (Å²) in [4.78, 5) is 8.44. The Hall–Kier alpha value is -0.840. The van der Waals surface area contributed by atoms with E-state index in [2.05, 4.69) is 38.1 Å². The van der Waals surface area contributed by atoms with Crippen molar-refractivity contribution in [2.45, 2.75) is 25.8 Å². The summed E-state index contributed by atoms with van der Waals surface area (Å²) in [6.07, 6.45) is 4.14. The zero-order chi connectivity index (χ0) is 10.8. The summed E-state index contributed by atoms with van der Waals surface area (Å²) in [5.41, 5.74) is 0. The van der Waals surface area contributed by atoms with Crippen molar-refractivity contribution in [3.05, 3.63) is 10.7 Å². The maximum absolute atomic E-state index is 5.10. The summed E-state index contributed by atoms with van der Waals surface area (Å²) in [5.74, 6) is 2.00. The first kappa shape index (κ1) is 10.7. The van der Waals surface area contributed by atoms with Crippen LogP contribution < -0.4 is 10.1 Å². The van der Waals surface area contributed by atoms with E-state index in [0.29, 0.717) is 17.9 Å². The van der Waals surface area contributed by atoms with Crippen molar-refractivity contribution in [1.82, 2.24) is 9.97 Å². The van der Waals surface area contributed by atoms with Gasteiger partial charge >= 0.3 is 0 Å². The second-order valence-electron chi connectivity index (χ2n) is 3.71. The Morgan fingerprint density at radius 1 is 1.67 bits per heavy atom. The van der Waals surface area contributed by atoms with E-state index in [1.165, 1.54) is 12.8 Å². The quantitative estimate of drug-likeness (QED) is 0.914. The SMILES string of the molecule is CCC1CC1Nc1ncc(Br)c(OC)n1. The molecule has 1 heterocycles. The molecule has 2 atom stereocenters. The third-order valence-electron chi connectivity index (χ3n) is 2.67. The standard InChI is InChI=1S/C10H14BrN3O/c1-3-6-4-8(6)13-10-12-5-7(11)9(14-10)15-2/h5-6,8H,3-4H2,1-2H3,(H,12,13,14). The van der Waals surface area contributed by atoms with Gasteiger partial charge in [0, 0.05) is 6.04 Å². The van der Waals surface area contributed by atoms with Crippen LogP contribution in [0.15, 0.2) is 10.7 Å². The van der Waals surface area contributed by atoms with E-state index in [9.17, 15) is 0 Å². The molecule has 1 aromatic heterocycles. The Kier molecular flexibility index (Phi) is 3.09. The van der Waals surface area contributed by atoms with Crippen LogP contribution in [-0.4, -0.2) is 23.1 Å². The smallest absolute Gasteiger partial charge is 0.232 e. The molecule has 2 rings (SSSR count). The Morgan fingerprint density at radius 3 is 3.07 bits per heavy atom. The normalized spacial score (nSPS) is 23.7.